The van der Waals surface area contributed by atoms with Gasteiger partial charge in [-0.1, -0.05) is 30.3 Å². The van der Waals surface area contributed by atoms with Crippen molar-refractivity contribution in [2.24, 2.45) is 0 Å². The third-order valence-electron chi connectivity index (χ3n) is 1.99. The lowest BCUT2D eigenvalue weighted by Gasteiger charge is -1.93. The van der Waals surface area contributed by atoms with Gasteiger partial charge < -0.3 is 0 Å². The fourth-order valence-corrected chi connectivity index (χ4v) is 1.31. The van der Waals surface area contributed by atoms with Crippen LogP contribution in [0, 0.1) is 0 Å². The maximum Gasteiger partial charge on any atom is 0.223 e. The number of rotatable bonds is 4. The summed E-state index contributed by atoms with van der Waals surface area (Å²) in [6.07, 6.45) is 0.201. The van der Waals surface area contributed by atoms with Crippen molar-refractivity contribution in [1.29, 1.82) is 0 Å². The van der Waals surface area contributed by atoms with Gasteiger partial charge in [-0.15, -0.1) is 10.2 Å². The summed E-state index contributed by atoms with van der Waals surface area (Å²) in [5.74, 6) is 0.544. The molecule has 6 heteroatoms. The minimum atomic E-state index is -0.404. The van der Waals surface area contributed by atoms with E-state index in [2.05, 4.69) is 15.4 Å². The molecule has 2 rings (SSSR count). The molecule has 0 aliphatic rings. The number of hydrogen-bond donors (Lipinski definition) is 0. The number of aryl methyl sites for hydroxylation is 1. The molecule has 0 atom stereocenters. The molecule has 2 aromatic rings. The van der Waals surface area contributed by atoms with Crippen molar-refractivity contribution in [2.45, 2.75) is 13.0 Å². The molecule has 0 fully saturated rings. The maximum absolute atomic E-state index is 10.6. The second kappa shape index (κ2) is 4.85. The van der Waals surface area contributed by atoms with Crippen LogP contribution in [-0.2, 0) is 11.3 Å². The summed E-state index contributed by atoms with van der Waals surface area (Å²) < 4.78 is 0. The van der Waals surface area contributed by atoms with Gasteiger partial charge in [-0.05, 0) is 16.8 Å². The fraction of sp³-hybridized carbons (Fsp3) is 0.200. The van der Waals surface area contributed by atoms with Crippen LogP contribution in [-0.4, -0.2) is 25.4 Å². The van der Waals surface area contributed by atoms with Gasteiger partial charge >= 0.3 is 0 Å². The molecular formula is C10H9ClN4O. The molecule has 0 saturated heterocycles. The molecule has 0 N–H and O–H groups in total. The Bertz CT molecular complexity index is 483. The van der Waals surface area contributed by atoms with Gasteiger partial charge in [-0.3, -0.25) is 4.79 Å². The first-order chi connectivity index (χ1) is 7.75. The number of aromatic nitrogens is 4. The molecule has 0 aliphatic carbocycles. The third-order valence-corrected chi connectivity index (χ3v) is 2.18. The number of nitrogens with zero attached hydrogens (tertiary/aromatic N) is 4. The lowest BCUT2D eigenvalue weighted by molar-refractivity contribution is -0.111. The molecule has 0 spiro atoms. The second-order valence-electron chi connectivity index (χ2n) is 3.18. The normalized spacial score (nSPS) is 10.3. The first-order valence-electron chi connectivity index (χ1n) is 4.77. The third kappa shape index (κ3) is 2.64. The van der Waals surface area contributed by atoms with Gasteiger partial charge in [0.2, 0.25) is 11.1 Å². The number of carbonyl (C=O) groups excluding carboxylic acids is 1. The molecule has 0 bridgehead atoms. The largest absolute Gasteiger partial charge is 0.281 e. The van der Waals surface area contributed by atoms with Crippen molar-refractivity contribution in [3.8, 4) is 11.4 Å². The Balaban J connectivity index is 2.11. The molecule has 0 saturated carbocycles. The van der Waals surface area contributed by atoms with Gasteiger partial charge in [0.1, 0.15) is 0 Å². The Labute approximate surface area is 97.0 Å². The Morgan fingerprint density at radius 2 is 2.06 bits per heavy atom. The van der Waals surface area contributed by atoms with E-state index in [1.165, 1.54) is 4.80 Å². The van der Waals surface area contributed by atoms with E-state index in [1.807, 2.05) is 30.3 Å². The van der Waals surface area contributed by atoms with E-state index < -0.39 is 5.24 Å². The van der Waals surface area contributed by atoms with Crippen molar-refractivity contribution >= 4 is 16.8 Å². The Kier molecular flexibility index (Phi) is 3.26. The Morgan fingerprint density at radius 3 is 2.75 bits per heavy atom. The summed E-state index contributed by atoms with van der Waals surface area (Å²) in [4.78, 5) is 11.9. The first-order valence-corrected chi connectivity index (χ1v) is 5.15. The molecule has 0 radical (unpaired) electrons. The maximum atomic E-state index is 10.6. The van der Waals surface area contributed by atoms with Crippen LogP contribution in [0.15, 0.2) is 30.3 Å². The van der Waals surface area contributed by atoms with Crippen LogP contribution in [0.4, 0.5) is 0 Å². The van der Waals surface area contributed by atoms with Crippen LogP contribution in [0.2, 0.25) is 0 Å². The summed E-state index contributed by atoms with van der Waals surface area (Å²) in [7, 11) is 0. The zero-order valence-corrected chi connectivity index (χ0v) is 9.13. The van der Waals surface area contributed by atoms with E-state index >= 15 is 0 Å². The lowest BCUT2D eigenvalue weighted by Crippen LogP contribution is -2.05. The lowest BCUT2D eigenvalue weighted by atomic mass is 10.2. The smallest absolute Gasteiger partial charge is 0.223 e. The Morgan fingerprint density at radius 1 is 1.31 bits per heavy atom. The highest BCUT2D eigenvalue weighted by atomic mass is 35.5. The first kappa shape index (κ1) is 10.8. The summed E-state index contributed by atoms with van der Waals surface area (Å²) in [6, 6.07) is 9.51. The number of tetrazole rings is 1. The molecule has 0 unspecified atom stereocenters. The van der Waals surface area contributed by atoms with Crippen LogP contribution in [0.5, 0.6) is 0 Å². The average Bonchev–Trinajstić information content (AvgIpc) is 2.76. The van der Waals surface area contributed by atoms with Gasteiger partial charge in [-0.2, -0.15) is 4.80 Å². The van der Waals surface area contributed by atoms with Gasteiger partial charge in [0.25, 0.3) is 0 Å². The topological polar surface area (TPSA) is 60.7 Å². The van der Waals surface area contributed by atoms with Crippen LogP contribution < -0.4 is 0 Å². The second-order valence-corrected chi connectivity index (χ2v) is 3.60. The summed E-state index contributed by atoms with van der Waals surface area (Å²) in [5, 5.41) is 11.5. The molecule has 16 heavy (non-hydrogen) atoms. The van der Waals surface area contributed by atoms with E-state index in [0.29, 0.717) is 12.4 Å². The minimum Gasteiger partial charge on any atom is -0.281 e. The van der Waals surface area contributed by atoms with Crippen molar-refractivity contribution in [3.05, 3.63) is 30.3 Å². The predicted octanol–water partition coefficient (Wildman–Crippen LogP) is 1.50. The standard InChI is InChI=1S/C10H9ClN4O/c11-9(16)6-7-15-13-10(12-14-15)8-4-2-1-3-5-8/h1-5H,6-7H2. The van der Waals surface area contributed by atoms with E-state index in [1.54, 1.807) is 0 Å². The van der Waals surface area contributed by atoms with E-state index in [4.69, 9.17) is 11.6 Å². The zero-order valence-electron chi connectivity index (χ0n) is 8.38. The molecule has 1 aromatic heterocycles. The number of hydrogen-bond acceptors (Lipinski definition) is 4. The number of benzene rings is 1. The van der Waals surface area contributed by atoms with Crippen molar-refractivity contribution in [2.75, 3.05) is 0 Å². The summed E-state index contributed by atoms with van der Waals surface area (Å²) >= 11 is 5.22. The van der Waals surface area contributed by atoms with Gasteiger partial charge in [0.15, 0.2) is 0 Å². The molecule has 5 nitrogen and oxygen atoms in total. The Hall–Kier alpha value is -1.75. The van der Waals surface area contributed by atoms with Crippen LogP contribution >= 0.6 is 11.6 Å². The van der Waals surface area contributed by atoms with E-state index in [0.717, 1.165) is 5.56 Å². The highest BCUT2D eigenvalue weighted by Gasteiger charge is 2.05. The van der Waals surface area contributed by atoms with Crippen LogP contribution in [0.1, 0.15) is 6.42 Å². The molecular weight excluding hydrogens is 228 g/mol. The average molecular weight is 237 g/mol. The van der Waals surface area contributed by atoms with E-state index in [9.17, 15) is 4.79 Å². The van der Waals surface area contributed by atoms with Crippen molar-refractivity contribution < 1.29 is 4.79 Å². The van der Waals surface area contributed by atoms with Crippen molar-refractivity contribution in [3.63, 3.8) is 0 Å². The number of halogens is 1. The highest BCUT2D eigenvalue weighted by molar-refractivity contribution is 6.63. The fourth-order valence-electron chi connectivity index (χ4n) is 1.23. The van der Waals surface area contributed by atoms with Crippen LogP contribution in [0.25, 0.3) is 11.4 Å². The van der Waals surface area contributed by atoms with Gasteiger partial charge in [0.05, 0.1) is 6.54 Å². The SMILES string of the molecule is O=C(Cl)CCn1nnc(-c2ccccc2)n1. The molecule has 1 aromatic carbocycles. The molecule has 0 aliphatic heterocycles. The zero-order chi connectivity index (χ0) is 11.4. The monoisotopic (exact) mass is 236 g/mol. The van der Waals surface area contributed by atoms with Crippen LogP contribution in [0.3, 0.4) is 0 Å². The van der Waals surface area contributed by atoms with Crippen molar-refractivity contribution in [1.82, 2.24) is 20.2 Å². The number of carbonyl (C=O) groups is 1. The predicted molar refractivity (Wildman–Crippen MR) is 58.7 cm³/mol. The summed E-state index contributed by atoms with van der Waals surface area (Å²) in [5.41, 5.74) is 0.894. The molecule has 1 heterocycles. The van der Waals surface area contributed by atoms with Gasteiger partial charge in [0, 0.05) is 12.0 Å². The molecule has 0 amide bonds. The van der Waals surface area contributed by atoms with Gasteiger partial charge in [-0.25, -0.2) is 0 Å². The van der Waals surface area contributed by atoms with E-state index in [-0.39, 0.29) is 6.42 Å². The highest BCUT2D eigenvalue weighted by Crippen LogP contribution is 2.11. The minimum absolute atomic E-state index is 0.201. The summed E-state index contributed by atoms with van der Waals surface area (Å²) in [6.45, 7) is 0.349. The molecule has 82 valence electrons. The quantitative estimate of drug-likeness (QED) is 0.755.